The number of likely N-dealkylation sites (tertiary alicyclic amines) is 1. The first-order valence-electron chi connectivity index (χ1n) is 7.37. The highest BCUT2D eigenvalue weighted by molar-refractivity contribution is 6.30. The van der Waals surface area contributed by atoms with Crippen molar-refractivity contribution in [2.24, 2.45) is 5.92 Å². The van der Waals surface area contributed by atoms with Crippen molar-refractivity contribution in [1.82, 2.24) is 4.90 Å². The Morgan fingerprint density at radius 2 is 1.80 bits per heavy atom. The topological polar surface area (TPSA) is 40.5 Å². The van der Waals surface area contributed by atoms with E-state index in [-0.39, 0.29) is 11.8 Å². The number of hydrogen-bond acceptors (Lipinski definition) is 2. The van der Waals surface area contributed by atoms with Gasteiger partial charge in [-0.05, 0) is 30.5 Å². The molecule has 0 spiro atoms. The smallest absolute Gasteiger partial charge is 0.308 e. The van der Waals surface area contributed by atoms with E-state index in [2.05, 4.69) is 4.90 Å². The summed E-state index contributed by atoms with van der Waals surface area (Å²) in [5.74, 6) is -0.882. The number of aliphatic carboxylic acids is 1. The molecule has 0 amide bonds. The van der Waals surface area contributed by atoms with Crippen LogP contribution >= 0.6 is 11.6 Å². The molecule has 1 aliphatic carbocycles. The molecule has 3 nitrogen and oxygen atoms in total. The summed E-state index contributed by atoms with van der Waals surface area (Å²) in [5, 5.41) is 10.2. The largest absolute Gasteiger partial charge is 0.481 e. The molecule has 0 bridgehead atoms. The van der Waals surface area contributed by atoms with Crippen LogP contribution in [-0.4, -0.2) is 35.1 Å². The van der Waals surface area contributed by atoms with Crippen molar-refractivity contribution >= 4 is 17.6 Å². The Labute approximate surface area is 124 Å². The Hall–Kier alpha value is -1.06. The van der Waals surface area contributed by atoms with Crippen LogP contribution < -0.4 is 0 Å². The maximum absolute atomic E-state index is 11.6. The molecule has 1 aliphatic heterocycles. The highest BCUT2D eigenvalue weighted by Gasteiger charge is 2.41. The van der Waals surface area contributed by atoms with Gasteiger partial charge in [0, 0.05) is 30.1 Å². The van der Waals surface area contributed by atoms with Crippen molar-refractivity contribution < 1.29 is 9.90 Å². The lowest BCUT2D eigenvalue weighted by atomic mass is 9.89. The maximum Gasteiger partial charge on any atom is 0.308 e. The number of benzene rings is 1. The van der Waals surface area contributed by atoms with Gasteiger partial charge in [0.25, 0.3) is 0 Å². The third-order valence-corrected chi connectivity index (χ3v) is 5.06. The minimum atomic E-state index is -0.676. The van der Waals surface area contributed by atoms with Gasteiger partial charge in [0.1, 0.15) is 0 Å². The summed E-state index contributed by atoms with van der Waals surface area (Å²) < 4.78 is 0. The first kappa shape index (κ1) is 13.9. The molecular weight excluding hydrogens is 274 g/mol. The van der Waals surface area contributed by atoms with Gasteiger partial charge >= 0.3 is 5.97 Å². The number of halogens is 1. The number of nitrogens with zero attached hydrogens (tertiary/aromatic N) is 1. The monoisotopic (exact) mass is 293 g/mol. The molecule has 2 fully saturated rings. The molecule has 1 aromatic carbocycles. The summed E-state index contributed by atoms with van der Waals surface area (Å²) >= 11 is 5.92. The summed E-state index contributed by atoms with van der Waals surface area (Å²) in [6, 6.07) is 8.25. The fourth-order valence-corrected chi connectivity index (χ4v) is 3.83. The highest BCUT2D eigenvalue weighted by Crippen LogP contribution is 2.37. The van der Waals surface area contributed by atoms with Crippen LogP contribution in [0.5, 0.6) is 0 Å². The normalized spacial score (nSPS) is 28.1. The Morgan fingerprint density at radius 3 is 2.40 bits per heavy atom. The summed E-state index contributed by atoms with van der Waals surface area (Å²) in [5.41, 5.74) is 1.10. The molecular formula is C16H20ClNO2. The predicted molar refractivity (Wildman–Crippen MR) is 79.1 cm³/mol. The van der Waals surface area contributed by atoms with Gasteiger partial charge in [0.2, 0.25) is 0 Å². The van der Waals surface area contributed by atoms with Crippen molar-refractivity contribution in [3.05, 3.63) is 34.9 Å². The van der Waals surface area contributed by atoms with Gasteiger partial charge in [-0.2, -0.15) is 0 Å². The van der Waals surface area contributed by atoms with Crippen molar-refractivity contribution in [2.75, 3.05) is 13.1 Å². The fraction of sp³-hybridized carbons (Fsp3) is 0.562. The molecule has 1 heterocycles. The molecule has 1 saturated heterocycles. The molecule has 20 heavy (non-hydrogen) atoms. The molecule has 2 aliphatic rings. The van der Waals surface area contributed by atoms with Gasteiger partial charge in [-0.3, -0.25) is 9.69 Å². The van der Waals surface area contributed by atoms with Gasteiger partial charge in [-0.1, -0.05) is 36.6 Å². The zero-order valence-electron chi connectivity index (χ0n) is 11.5. The van der Waals surface area contributed by atoms with Crippen LogP contribution in [0.3, 0.4) is 0 Å². The Balaban J connectivity index is 1.80. The molecule has 1 aromatic rings. The van der Waals surface area contributed by atoms with Gasteiger partial charge in [0.05, 0.1) is 5.92 Å². The minimum Gasteiger partial charge on any atom is -0.481 e. The highest BCUT2D eigenvalue weighted by atomic mass is 35.5. The summed E-state index contributed by atoms with van der Waals surface area (Å²) in [7, 11) is 0. The van der Waals surface area contributed by atoms with E-state index in [9.17, 15) is 9.90 Å². The number of carboxylic acid groups (broad SMARTS) is 1. The molecule has 4 heteroatoms. The fourth-order valence-electron chi connectivity index (χ4n) is 3.70. The molecule has 2 atom stereocenters. The third kappa shape index (κ3) is 2.70. The molecule has 0 radical (unpaired) electrons. The average Bonchev–Trinajstić information content (AvgIpc) is 3.08. The van der Waals surface area contributed by atoms with Crippen LogP contribution in [0, 0.1) is 5.92 Å². The first-order chi connectivity index (χ1) is 9.65. The van der Waals surface area contributed by atoms with E-state index in [1.54, 1.807) is 0 Å². The second-order valence-corrected chi connectivity index (χ2v) is 6.43. The second-order valence-electron chi connectivity index (χ2n) is 5.99. The average molecular weight is 294 g/mol. The standard InChI is InChI=1S/C16H20ClNO2/c17-12-7-5-11(6-8-12)14-9-18(10-15(14)16(19)20)13-3-1-2-4-13/h5-8,13-15H,1-4,9-10H2,(H,19,20)/t14-,15+/m0/s1. The van der Waals surface area contributed by atoms with Gasteiger partial charge in [-0.25, -0.2) is 0 Å². The maximum atomic E-state index is 11.6. The lowest BCUT2D eigenvalue weighted by molar-refractivity contribution is -0.141. The Morgan fingerprint density at radius 1 is 1.15 bits per heavy atom. The van der Waals surface area contributed by atoms with E-state index in [1.165, 1.54) is 25.7 Å². The first-order valence-corrected chi connectivity index (χ1v) is 7.75. The van der Waals surface area contributed by atoms with Crippen LogP contribution in [0.1, 0.15) is 37.2 Å². The van der Waals surface area contributed by atoms with Crippen molar-refractivity contribution in [1.29, 1.82) is 0 Å². The summed E-state index contributed by atoms with van der Waals surface area (Å²) in [6.45, 7) is 1.55. The van der Waals surface area contributed by atoms with Crippen LogP contribution in [0.4, 0.5) is 0 Å². The zero-order valence-corrected chi connectivity index (χ0v) is 12.2. The van der Waals surface area contributed by atoms with E-state index >= 15 is 0 Å². The van der Waals surface area contributed by atoms with E-state index in [0.29, 0.717) is 17.6 Å². The summed E-state index contributed by atoms with van der Waals surface area (Å²) in [4.78, 5) is 14.0. The lowest BCUT2D eigenvalue weighted by Gasteiger charge is -2.23. The summed E-state index contributed by atoms with van der Waals surface area (Å²) in [6.07, 6.45) is 5.01. The number of carbonyl (C=O) groups is 1. The van der Waals surface area contributed by atoms with Crippen molar-refractivity contribution in [2.45, 2.75) is 37.6 Å². The number of carboxylic acids is 1. The van der Waals surface area contributed by atoms with Gasteiger partial charge < -0.3 is 5.11 Å². The lowest BCUT2D eigenvalue weighted by Crippen LogP contribution is -2.31. The SMILES string of the molecule is O=C(O)[C@@H]1CN(C2CCCC2)C[C@H]1c1ccc(Cl)cc1. The van der Waals surface area contributed by atoms with Crippen LogP contribution in [0.25, 0.3) is 0 Å². The molecule has 1 N–H and O–H groups in total. The molecule has 0 aromatic heterocycles. The number of hydrogen-bond donors (Lipinski definition) is 1. The quantitative estimate of drug-likeness (QED) is 0.929. The molecule has 3 rings (SSSR count). The van der Waals surface area contributed by atoms with Gasteiger partial charge in [-0.15, -0.1) is 0 Å². The minimum absolute atomic E-state index is 0.0883. The molecule has 0 unspecified atom stereocenters. The van der Waals surface area contributed by atoms with E-state index in [0.717, 1.165) is 12.1 Å². The van der Waals surface area contributed by atoms with Gasteiger partial charge in [0.15, 0.2) is 0 Å². The van der Waals surface area contributed by atoms with E-state index in [4.69, 9.17) is 11.6 Å². The zero-order chi connectivity index (χ0) is 14.1. The molecule has 1 saturated carbocycles. The molecule has 108 valence electrons. The van der Waals surface area contributed by atoms with Crippen LogP contribution in [0.15, 0.2) is 24.3 Å². The van der Waals surface area contributed by atoms with E-state index in [1.807, 2.05) is 24.3 Å². The van der Waals surface area contributed by atoms with E-state index < -0.39 is 5.97 Å². The van der Waals surface area contributed by atoms with Crippen molar-refractivity contribution in [3.63, 3.8) is 0 Å². The second kappa shape index (κ2) is 5.74. The Kier molecular flexibility index (Phi) is 3.99. The number of rotatable bonds is 3. The van der Waals surface area contributed by atoms with Crippen LogP contribution in [-0.2, 0) is 4.79 Å². The van der Waals surface area contributed by atoms with Crippen molar-refractivity contribution in [3.8, 4) is 0 Å². The predicted octanol–water partition coefficient (Wildman–Crippen LogP) is 3.38. The Bertz CT molecular complexity index is 482. The third-order valence-electron chi connectivity index (χ3n) is 4.80. The van der Waals surface area contributed by atoms with Crippen LogP contribution in [0.2, 0.25) is 5.02 Å².